The average Bonchev–Trinajstić information content (AvgIpc) is 3.10. The summed E-state index contributed by atoms with van der Waals surface area (Å²) in [4.78, 5) is 26.1. The molecule has 1 saturated heterocycles. The molecule has 4 atom stereocenters. The molecular formula is C14H13NO3. The molecular weight excluding hydrogens is 230 g/mol. The number of allylic oxidation sites excluding steroid dienone is 2. The van der Waals surface area contributed by atoms with Gasteiger partial charge in [0.1, 0.15) is 5.76 Å². The molecule has 18 heavy (non-hydrogen) atoms. The van der Waals surface area contributed by atoms with Crippen molar-refractivity contribution in [1.82, 2.24) is 4.90 Å². The van der Waals surface area contributed by atoms with Crippen molar-refractivity contribution in [2.24, 2.45) is 23.7 Å². The summed E-state index contributed by atoms with van der Waals surface area (Å²) in [6.07, 6.45) is 6.74. The Morgan fingerprint density at radius 3 is 2.39 bits per heavy atom. The van der Waals surface area contributed by atoms with Gasteiger partial charge in [-0.3, -0.25) is 14.5 Å². The first kappa shape index (κ1) is 10.1. The van der Waals surface area contributed by atoms with Gasteiger partial charge in [0, 0.05) is 0 Å². The van der Waals surface area contributed by atoms with Crippen molar-refractivity contribution in [3.63, 3.8) is 0 Å². The number of fused-ring (bicyclic) bond motifs is 5. The van der Waals surface area contributed by atoms with Gasteiger partial charge in [-0.15, -0.1) is 0 Å². The fourth-order valence-electron chi connectivity index (χ4n) is 3.68. The lowest BCUT2D eigenvalue weighted by Gasteiger charge is -2.15. The van der Waals surface area contributed by atoms with E-state index in [4.69, 9.17) is 4.42 Å². The van der Waals surface area contributed by atoms with Crippen molar-refractivity contribution in [3.05, 3.63) is 36.3 Å². The molecule has 2 fully saturated rings. The van der Waals surface area contributed by atoms with Crippen molar-refractivity contribution in [3.8, 4) is 0 Å². The van der Waals surface area contributed by atoms with Crippen molar-refractivity contribution in [2.75, 3.05) is 0 Å². The summed E-state index contributed by atoms with van der Waals surface area (Å²) in [6, 6.07) is 3.56. The Bertz CT molecular complexity index is 515. The smallest absolute Gasteiger partial charge is 0.234 e. The van der Waals surface area contributed by atoms with E-state index in [-0.39, 0.29) is 42.0 Å². The molecule has 4 heteroatoms. The molecule has 92 valence electrons. The Labute approximate surface area is 104 Å². The zero-order valence-electron chi connectivity index (χ0n) is 9.78. The van der Waals surface area contributed by atoms with Crippen molar-refractivity contribution in [1.29, 1.82) is 0 Å². The van der Waals surface area contributed by atoms with E-state index in [1.165, 1.54) is 4.90 Å². The van der Waals surface area contributed by atoms with Gasteiger partial charge in [0.2, 0.25) is 11.8 Å². The summed E-state index contributed by atoms with van der Waals surface area (Å²) in [7, 11) is 0. The highest BCUT2D eigenvalue weighted by Gasteiger charge is 2.59. The summed E-state index contributed by atoms with van der Waals surface area (Å²) in [5.74, 6) is 0.967. The molecule has 0 unspecified atom stereocenters. The van der Waals surface area contributed by atoms with Crippen LogP contribution in [-0.4, -0.2) is 16.7 Å². The Morgan fingerprint density at radius 1 is 1.17 bits per heavy atom. The maximum atomic E-state index is 12.3. The number of carbonyl (C=O) groups excluding carboxylic acids is 2. The first-order chi connectivity index (χ1) is 8.75. The molecule has 0 spiro atoms. The van der Waals surface area contributed by atoms with Gasteiger partial charge >= 0.3 is 0 Å². The average molecular weight is 243 g/mol. The predicted molar refractivity (Wildman–Crippen MR) is 62.0 cm³/mol. The second-order valence-corrected chi connectivity index (χ2v) is 5.34. The molecule has 1 aliphatic heterocycles. The Morgan fingerprint density at radius 2 is 1.83 bits per heavy atom. The van der Waals surface area contributed by atoms with Crippen LogP contribution in [0.5, 0.6) is 0 Å². The molecule has 2 amide bonds. The van der Waals surface area contributed by atoms with Crippen LogP contribution >= 0.6 is 0 Å². The highest BCUT2D eigenvalue weighted by atomic mass is 16.3. The van der Waals surface area contributed by atoms with E-state index in [0.717, 1.165) is 6.42 Å². The number of amides is 2. The second-order valence-electron chi connectivity index (χ2n) is 5.34. The molecule has 2 aliphatic carbocycles. The van der Waals surface area contributed by atoms with Crippen LogP contribution in [0.4, 0.5) is 0 Å². The van der Waals surface area contributed by atoms with Gasteiger partial charge in [-0.2, -0.15) is 0 Å². The normalized spacial score (nSPS) is 36.8. The maximum Gasteiger partial charge on any atom is 0.234 e. The third-order valence-corrected chi connectivity index (χ3v) is 4.46. The molecule has 4 rings (SSSR count). The fraction of sp³-hybridized carbons (Fsp3) is 0.429. The summed E-state index contributed by atoms with van der Waals surface area (Å²) < 4.78 is 5.22. The molecule has 0 N–H and O–H groups in total. The number of hydrogen-bond donors (Lipinski definition) is 0. The zero-order chi connectivity index (χ0) is 12.3. The third kappa shape index (κ3) is 1.15. The van der Waals surface area contributed by atoms with Crippen LogP contribution in [0.2, 0.25) is 0 Å². The van der Waals surface area contributed by atoms with Crippen molar-refractivity contribution >= 4 is 11.8 Å². The predicted octanol–water partition coefficient (Wildman–Crippen LogP) is 1.59. The molecule has 1 aromatic heterocycles. The van der Waals surface area contributed by atoms with Crippen LogP contribution in [0.3, 0.4) is 0 Å². The van der Waals surface area contributed by atoms with E-state index in [9.17, 15) is 9.59 Å². The van der Waals surface area contributed by atoms with Crippen LogP contribution < -0.4 is 0 Å². The van der Waals surface area contributed by atoms with Crippen LogP contribution in [0.1, 0.15) is 12.2 Å². The first-order valence-electron chi connectivity index (χ1n) is 6.31. The Hall–Kier alpha value is -1.84. The topological polar surface area (TPSA) is 50.5 Å². The van der Waals surface area contributed by atoms with E-state index in [2.05, 4.69) is 12.2 Å². The zero-order valence-corrected chi connectivity index (χ0v) is 9.78. The first-order valence-corrected chi connectivity index (χ1v) is 6.31. The molecule has 4 nitrogen and oxygen atoms in total. The number of imide groups is 1. The van der Waals surface area contributed by atoms with Crippen LogP contribution in [0, 0.1) is 23.7 Å². The molecule has 2 heterocycles. The number of carbonyl (C=O) groups is 2. The fourth-order valence-corrected chi connectivity index (χ4v) is 3.68. The lowest BCUT2D eigenvalue weighted by atomic mass is 9.85. The largest absolute Gasteiger partial charge is 0.467 e. The Balaban J connectivity index is 1.64. The van der Waals surface area contributed by atoms with E-state index < -0.39 is 0 Å². The minimum atomic E-state index is -0.109. The third-order valence-electron chi connectivity index (χ3n) is 4.46. The van der Waals surface area contributed by atoms with Gasteiger partial charge in [0.25, 0.3) is 0 Å². The van der Waals surface area contributed by atoms with Crippen LogP contribution in [0.15, 0.2) is 35.0 Å². The molecule has 3 aliphatic rings. The van der Waals surface area contributed by atoms with Gasteiger partial charge in [-0.05, 0) is 30.4 Å². The summed E-state index contributed by atoms with van der Waals surface area (Å²) in [5.41, 5.74) is 0. The van der Waals surface area contributed by atoms with Crippen molar-refractivity contribution in [2.45, 2.75) is 13.0 Å². The number of nitrogens with zero attached hydrogens (tertiary/aromatic N) is 1. The van der Waals surface area contributed by atoms with Gasteiger partial charge in [-0.1, -0.05) is 12.2 Å². The number of rotatable bonds is 2. The van der Waals surface area contributed by atoms with Crippen LogP contribution in [-0.2, 0) is 16.1 Å². The second kappa shape index (κ2) is 3.34. The molecule has 0 radical (unpaired) electrons. The standard InChI is InChI=1S/C14H13NO3/c16-13-11-8-3-4-9(6-8)12(11)14(17)15(13)7-10-2-1-5-18-10/h1-5,8-9,11-12H,6-7H2/t8-,9-,11+,12+/m0/s1. The summed E-state index contributed by atoms with van der Waals surface area (Å²) in [6.45, 7) is 0.275. The lowest BCUT2D eigenvalue weighted by molar-refractivity contribution is -0.141. The molecule has 2 bridgehead atoms. The van der Waals surface area contributed by atoms with E-state index in [1.54, 1.807) is 18.4 Å². The van der Waals surface area contributed by atoms with Gasteiger partial charge in [-0.25, -0.2) is 0 Å². The quantitative estimate of drug-likeness (QED) is 0.585. The molecule has 1 saturated carbocycles. The molecule has 1 aromatic rings. The highest BCUT2D eigenvalue weighted by molar-refractivity contribution is 6.06. The van der Waals surface area contributed by atoms with Gasteiger partial charge in [0.15, 0.2) is 0 Å². The van der Waals surface area contributed by atoms with Gasteiger partial charge in [0.05, 0.1) is 24.6 Å². The molecule has 0 aromatic carbocycles. The van der Waals surface area contributed by atoms with Crippen molar-refractivity contribution < 1.29 is 14.0 Å². The summed E-state index contributed by atoms with van der Waals surface area (Å²) >= 11 is 0. The minimum absolute atomic E-state index is 0.0155. The lowest BCUT2D eigenvalue weighted by Crippen LogP contribution is -2.32. The van der Waals surface area contributed by atoms with E-state index in [0.29, 0.717) is 5.76 Å². The summed E-state index contributed by atoms with van der Waals surface area (Å²) in [5, 5.41) is 0. The number of furan rings is 1. The Kier molecular flexibility index (Phi) is 1.88. The number of hydrogen-bond acceptors (Lipinski definition) is 3. The van der Waals surface area contributed by atoms with E-state index >= 15 is 0 Å². The van der Waals surface area contributed by atoms with Crippen LogP contribution in [0.25, 0.3) is 0 Å². The monoisotopic (exact) mass is 243 g/mol. The highest BCUT2D eigenvalue weighted by Crippen LogP contribution is 2.52. The van der Waals surface area contributed by atoms with Gasteiger partial charge < -0.3 is 4.42 Å². The SMILES string of the molecule is O=C1[C@H]2[C@H](C(=O)N1Cc1ccco1)[C@H]1C=C[C@H]2C1. The van der Waals surface area contributed by atoms with E-state index in [1.807, 2.05) is 0 Å². The minimum Gasteiger partial charge on any atom is -0.467 e. The number of likely N-dealkylation sites (tertiary alicyclic amines) is 1. The maximum absolute atomic E-state index is 12.3.